The minimum atomic E-state index is -3.34. The lowest BCUT2D eigenvalue weighted by atomic mass is 10.2. The third-order valence-electron chi connectivity index (χ3n) is 11.7. The second-order valence-electron chi connectivity index (χ2n) is 18.8. The van der Waals surface area contributed by atoms with Gasteiger partial charge in [-0.05, 0) is 85.2 Å². The summed E-state index contributed by atoms with van der Waals surface area (Å²) in [5.41, 5.74) is 0.497. The van der Waals surface area contributed by atoms with E-state index in [0.717, 1.165) is 27.6 Å². The zero-order valence-electron chi connectivity index (χ0n) is 51.0. The van der Waals surface area contributed by atoms with Gasteiger partial charge in [-0.1, -0.05) is 47.5 Å². The predicted molar refractivity (Wildman–Crippen MR) is 336 cm³/mol. The number of aliphatic carboxylic acids is 1. The van der Waals surface area contributed by atoms with Gasteiger partial charge in [0.2, 0.25) is 0 Å². The highest BCUT2D eigenvalue weighted by Crippen LogP contribution is 2.28. The lowest BCUT2D eigenvalue weighted by Crippen LogP contribution is -2.32. The molecule has 0 atom stereocenters. The first kappa shape index (κ1) is 79.3. The number of esters is 3. The molecular formula is C58H59BrCl2F8N16O12. The van der Waals surface area contributed by atoms with Crippen LogP contribution < -0.4 is 43.9 Å². The van der Waals surface area contributed by atoms with Crippen LogP contribution in [0.3, 0.4) is 0 Å². The van der Waals surface area contributed by atoms with Crippen LogP contribution in [0, 0.1) is 0 Å². The Kier molecular flexibility index (Phi) is 31.4. The van der Waals surface area contributed by atoms with Gasteiger partial charge in [-0.25, -0.2) is 19.9 Å². The van der Waals surface area contributed by atoms with Crippen LogP contribution in [0.2, 0.25) is 10.3 Å². The number of aromatic nitrogens is 12. The predicted octanol–water partition coefficient (Wildman–Crippen LogP) is 6.75. The number of hydrogen-bond acceptors (Lipinski definition) is 23. The van der Waals surface area contributed by atoms with Crippen molar-refractivity contribution >= 4 is 80.5 Å². The lowest BCUT2D eigenvalue weighted by Gasteiger charge is -2.17. The molecule has 0 saturated carbocycles. The number of carboxylic acid groups (broad SMARTS) is 1. The average molecular weight is 1480 g/mol. The normalized spacial score (nSPS) is 11.0. The van der Waals surface area contributed by atoms with E-state index in [1.807, 2.05) is 0 Å². The number of carbonyl (C=O) groups excluding carboxylic acids is 3. The topological polar surface area (TPSA) is 369 Å². The maximum absolute atomic E-state index is 14.1. The summed E-state index contributed by atoms with van der Waals surface area (Å²) in [4.78, 5) is 122. The van der Waals surface area contributed by atoms with Gasteiger partial charge >= 0.3 is 47.6 Å². The van der Waals surface area contributed by atoms with Crippen molar-refractivity contribution in [1.29, 1.82) is 0 Å². The van der Waals surface area contributed by atoms with Crippen LogP contribution in [0.25, 0.3) is 0 Å². The van der Waals surface area contributed by atoms with Crippen molar-refractivity contribution < 1.29 is 73.6 Å². The number of alkyl halides is 8. The van der Waals surface area contributed by atoms with Crippen molar-refractivity contribution in [2.24, 2.45) is 5.73 Å². The number of nitrogens with zero attached hydrogens (tertiary/aromatic N) is 12. The van der Waals surface area contributed by atoms with Gasteiger partial charge in [0, 0.05) is 49.6 Å². The van der Waals surface area contributed by atoms with E-state index in [0.29, 0.717) is 11.2 Å². The molecule has 520 valence electrons. The van der Waals surface area contributed by atoms with Gasteiger partial charge in [-0.2, -0.15) is 35.1 Å². The number of anilines is 3. The molecule has 0 amide bonds. The Morgan fingerprint density at radius 1 is 0.474 bits per heavy atom. The quantitative estimate of drug-likeness (QED) is 0.0224. The van der Waals surface area contributed by atoms with Crippen LogP contribution in [0.1, 0.15) is 43.5 Å². The van der Waals surface area contributed by atoms with E-state index in [1.54, 1.807) is 26.8 Å². The van der Waals surface area contributed by atoms with Gasteiger partial charge in [0.05, 0.1) is 58.4 Å². The van der Waals surface area contributed by atoms with Crippen molar-refractivity contribution in [2.45, 2.75) is 70.6 Å². The number of nitrogens with one attached hydrogen (secondary N) is 3. The Bertz CT molecular complexity index is 4110. The summed E-state index contributed by atoms with van der Waals surface area (Å²) >= 11 is 14.5. The van der Waals surface area contributed by atoms with E-state index in [4.69, 9.17) is 48.3 Å². The fraction of sp³-hybridized carbons (Fsp3) is 0.310. The number of halogens is 11. The fourth-order valence-corrected chi connectivity index (χ4v) is 7.87. The highest BCUT2D eigenvalue weighted by molar-refractivity contribution is 9.10. The highest BCUT2D eigenvalue weighted by Gasteiger charge is 2.36. The van der Waals surface area contributed by atoms with Crippen molar-refractivity contribution in [1.82, 2.24) is 58.1 Å². The first-order valence-electron chi connectivity index (χ1n) is 28.0. The zero-order chi connectivity index (χ0) is 71.9. The summed E-state index contributed by atoms with van der Waals surface area (Å²) in [6.45, 7) is 0.648. The van der Waals surface area contributed by atoms with E-state index in [9.17, 15) is 73.5 Å². The molecule has 0 aliphatic carbocycles. The monoisotopic (exact) mass is 1470 g/mol. The Balaban J connectivity index is 0.000000265. The lowest BCUT2D eigenvalue weighted by molar-refractivity contribution is -0.144. The molecule has 0 aliphatic rings. The van der Waals surface area contributed by atoms with E-state index in [1.165, 1.54) is 115 Å². The summed E-state index contributed by atoms with van der Waals surface area (Å²) in [7, 11) is 0. The van der Waals surface area contributed by atoms with Crippen molar-refractivity contribution in [2.75, 3.05) is 62.0 Å². The number of hydrogen-bond donors (Lipinski definition) is 5. The summed E-state index contributed by atoms with van der Waals surface area (Å²) in [6.07, 6.45) is 12.5. The summed E-state index contributed by atoms with van der Waals surface area (Å²) < 4.78 is 128. The van der Waals surface area contributed by atoms with Gasteiger partial charge < -0.3 is 45.6 Å². The second-order valence-corrected chi connectivity index (χ2v) is 20.3. The molecule has 0 saturated heterocycles. The third kappa shape index (κ3) is 25.5. The first-order chi connectivity index (χ1) is 45.9. The van der Waals surface area contributed by atoms with Crippen LogP contribution >= 0.6 is 39.1 Å². The van der Waals surface area contributed by atoms with E-state index in [-0.39, 0.29) is 64.1 Å². The SMILES string of the molecule is CCOC(=O)Cn1c(Cl)cnc(NCC(F)(F)c2ccccn2)c1=O.CCOC(=O)Cn1ccnc(Br)c1=O.CCOC(=O)Cn1ccnc(NCC(F)(F)c2ccccn2)c1=O.NCC(F)(F)c1ccccn1.O=C(O)Cn1c(Cl)cnc(NCC(F)(F)c2ccccn2)c1=O. The molecule has 28 nitrogen and oxygen atoms in total. The number of ether oxygens (including phenoxy) is 3. The first-order valence-corrected chi connectivity index (χ1v) is 29.5. The van der Waals surface area contributed by atoms with Crippen LogP contribution in [0.5, 0.6) is 0 Å². The van der Waals surface area contributed by atoms with Crippen molar-refractivity contribution in [3.05, 3.63) is 214 Å². The number of carbonyl (C=O) groups is 4. The molecule has 0 aromatic carbocycles. The average Bonchev–Trinajstić information content (AvgIpc) is 0.844. The largest absolute Gasteiger partial charge is 0.480 e. The Morgan fingerprint density at radius 3 is 1.14 bits per heavy atom. The van der Waals surface area contributed by atoms with Gasteiger partial charge in [0.15, 0.2) is 22.1 Å². The molecule has 8 heterocycles. The molecule has 8 aromatic rings. The minimum absolute atomic E-state index is 0.0895. The van der Waals surface area contributed by atoms with Crippen LogP contribution in [-0.4, -0.2) is 133 Å². The molecule has 8 rings (SSSR count). The van der Waals surface area contributed by atoms with E-state index < -0.39 is 126 Å². The molecule has 6 N–H and O–H groups in total. The summed E-state index contributed by atoms with van der Waals surface area (Å²) in [5, 5.41) is 15.2. The minimum Gasteiger partial charge on any atom is -0.480 e. The van der Waals surface area contributed by atoms with Crippen molar-refractivity contribution in [3.8, 4) is 0 Å². The van der Waals surface area contributed by atoms with Crippen LogP contribution in [-0.2, 0) is 83.3 Å². The molecule has 39 heteroatoms. The molecule has 0 unspecified atom stereocenters. The second kappa shape index (κ2) is 38.4. The van der Waals surface area contributed by atoms with Gasteiger partial charge in [-0.3, -0.25) is 72.0 Å². The molecule has 0 spiro atoms. The maximum Gasteiger partial charge on any atom is 0.326 e. The molecule has 0 radical (unpaired) electrons. The molecule has 0 fully saturated rings. The molecule has 8 aromatic heterocycles. The number of pyridine rings is 4. The zero-order valence-corrected chi connectivity index (χ0v) is 54.1. The molecule has 97 heavy (non-hydrogen) atoms. The molecule has 0 aliphatic heterocycles. The van der Waals surface area contributed by atoms with E-state index in [2.05, 4.69) is 71.8 Å². The standard InChI is InChI=1S/C15H15ClF2N4O3.C15H16F2N4O3.C13H11ClF2N4O3.C8H9BrN2O3.C7H8F2N2/c1-2-25-12(23)8-22-11(16)7-20-13(14(22)24)21-9-15(17,18)10-5-3-4-6-19-10;1-2-24-12(22)9-21-8-7-19-13(14(21)23)20-10-15(16,17)11-5-3-4-6-18-11;14-9-5-18-11(12(23)20(9)6-10(21)22)19-7-13(15,16)8-3-1-2-4-17-8;1-2-14-6(12)5-11-4-3-10-7(9)8(11)13;8-7(9,5-10)6-3-1-2-4-11-6/h3-7H,2,8-9H2,1H3,(H,20,21);3-8H,2,9-10H2,1H3,(H,19,20);1-5H,6-7H2,(H,18,19)(H,21,22);3-4H,2,5H2,1H3;1-4H,5,10H2. The summed E-state index contributed by atoms with van der Waals surface area (Å²) in [5.74, 6) is -17.0. The maximum atomic E-state index is 14.1. The van der Waals surface area contributed by atoms with Crippen LogP contribution in [0.15, 0.2) is 159 Å². The van der Waals surface area contributed by atoms with Gasteiger partial charge in [0.1, 0.15) is 59.3 Å². The smallest absolute Gasteiger partial charge is 0.326 e. The Hall–Kier alpha value is -10.1. The highest BCUT2D eigenvalue weighted by atomic mass is 79.9. The molecular weight excluding hydrogens is 1420 g/mol. The van der Waals surface area contributed by atoms with Crippen LogP contribution in [0.4, 0.5) is 52.6 Å². The number of rotatable bonds is 25. The Labute approximate surface area is 562 Å². The Morgan fingerprint density at radius 2 is 0.804 bits per heavy atom. The van der Waals surface area contributed by atoms with Crippen molar-refractivity contribution in [3.63, 3.8) is 0 Å². The summed E-state index contributed by atoms with van der Waals surface area (Å²) in [6, 6.07) is 16.7. The van der Waals surface area contributed by atoms with Gasteiger partial charge in [-0.15, -0.1) is 0 Å². The molecule has 0 bridgehead atoms. The number of carboxylic acids is 1. The number of nitrogens with two attached hydrogens (primary N) is 1. The third-order valence-corrected chi connectivity index (χ3v) is 12.9. The fourth-order valence-electron chi connectivity index (χ4n) is 7.15. The van der Waals surface area contributed by atoms with E-state index >= 15 is 0 Å². The van der Waals surface area contributed by atoms with Gasteiger partial charge in [0.25, 0.3) is 22.2 Å².